The van der Waals surface area contributed by atoms with Gasteiger partial charge in [0.05, 0.1) is 0 Å². The van der Waals surface area contributed by atoms with Crippen molar-refractivity contribution in [3.8, 4) is 11.1 Å². The van der Waals surface area contributed by atoms with Crippen LogP contribution in [0.1, 0.15) is 44.2 Å². The number of amides is 3. The highest BCUT2D eigenvalue weighted by molar-refractivity contribution is 5.94. The van der Waals surface area contributed by atoms with E-state index in [1.807, 2.05) is 38.1 Å². The molecule has 2 aromatic carbocycles. The van der Waals surface area contributed by atoms with Crippen LogP contribution in [0.5, 0.6) is 0 Å². The molecule has 0 saturated carbocycles. The summed E-state index contributed by atoms with van der Waals surface area (Å²) < 4.78 is 11.1. The maximum atomic E-state index is 12.6. The molecule has 2 aliphatic rings. The first kappa shape index (κ1) is 25.2. The lowest BCUT2D eigenvalue weighted by molar-refractivity contribution is -0.128. The Bertz CT molecular complexity index is 1130. The van der Waals surface area contributed by atoms with E-state index in [9.17, 15) is 14.4 Å². The van der Waals surface area contributed by atoms with Crippen molar-refractivity contribution in [1.82, 2.24) is 10.6 Å². The predicted octanol–water partition coefficient (Wildman–Crippen LogP) is 2.73. The Morgan fingerprint density at radius 1 is 1.03 bits per heavy atom. The van der Waals surface area contributed by atoms with Gasteiger partial charge in [0.15, 0.2) is 6.04 Å². The number of nitrogens with one attached hydrogen (secondary N) is 2. The first-order chi connectivity index (χ1) is 17.2. The van der Waals surface area contributed by atoms with Crippen LogP contribution in [0.25, 0.3) is 11.1 Å². The van der Waals surface area contributed by atoms with Crippen molar-refractivity contribution in [2.75, 3.05) is 13.2 Å². The Kier molecular flexibility index (Phi) is 7.57. The molecule has 0 saturated heterocycles. The predicted molar refractivity (Wildman–Crippen MR) is 135 cm³/mol. The molecule has 0 fully saturated rings. The number of ether oxygens (including phenoxy) is 2. The summed E-state index contributed by atoms with van der Waals surface area (Å²) in [7, 11) is 0. The van der Waals surface area contributed by atoms with E-state index in [-0.39, 0.29) is 30.9 Å². The van der Waals surface area contributed by atoms with Crippen molar-refractivity contribution in [3.05, 3.63) is 59.7 Å². The maximum Gasteiger partial charge on any atom is 0.407 e. The fraction of sp³-hybridized carbons (Fsp3) is 0.407. The van der Waals surface area contributed by atoms with Crippen molar-refractivity contribution in [1.29, 1.82) is 0 Å². The molecule has 9 nitrogen and oxygen atoms in total. The van der Waals surface area contributed by atoms with E-state index in [1.165, 1.54) is 0 Å². The highest BCUT2D eigenvalue weighted by Gasteiger charge is 2.32. The van der Waals surface area contributed by atoms with Crippen LogP contribution in [0.2, 0.25) is 0 Å². The molecule has 3 atom stereocenters. The summed E-state index contributed by atoms with van der Waals surface area (Å²) in [4.78, 5) is 41.1. The number of fused-ring (bicyclic) bond motifs is 3. The summed E-state index contributed by atoms with van der Waals surface area (Å²) >= 11 is 0. The smallest absolute Gasteiger partial charge is 0.407 e. The Hall–Kier alpha value is -3.88. The van der Waals surface area contributed by atoms with Gasteiger partial charge in [-0.05, 0) is 41.5 Å². The third kappa shape index (κ3) is 5.50. The lowest BCUT2D eigenvalue weighted by Gasteiger charge is -2.18. The van der Waals surface area contributed by atoms with Gasteiger partial charge in [0.1, 0.15) is 25.3 Å². The summed E-state index contributed by atoms with van der Waals surface area (Å²) in [6, 6.07) is 14.0. The number of primary amides is 1. The average molecular weight is 493 g/mol. The third-order valence-electron chi connectivity index (χ3n) is 6.39. The molecule has 4 N–H and O–H groups in total. The molecule has 0 radical (unpaired) electrons. The lowest BCUT2D eigenvalue weighted by atomic mass is 9.98. The monoisotopic (exact) mass is 492 g/mol. The molecule has 0 aromatic heterocycles. The normalized spacial score (nSPS) is 17.9. The molecule has 3 amide bonds. The van der Waals surface area contributed by atoms with Crippen molar-refractivity contribution in [2.24, 2.45) is 16.6 Å². The van der Waals surface area contributed by atoms with Crippen LogP contribution in [0.4, 0.5) is 4.79 Å². The zero-order valence-corrected chi connectivity index (χ0v) is 20.7. The van der Waals surface area contributed by atoms with Crippen LogP contribution in [0.3, 0.4) is 0 Å². The van der Waals surface area contributed by atoms with Crippen molar-refractivity contribution in [3.63, 3.8) is 0 Å². The molecule has 1 aliphatic carbocycles. The summed E-state index contributed by atoms with van der Waals surface area (Å²) in [6.45, 7) is 5.78. The number of benzene rings is 2. The van der Waals surface area contributed by atoms with Crippen molar-refractivity contribution in [2.45, 2.75) is 51.2 Å². The Labute approximate surface area is 210 Å². The first-order valence-corrected chi connectivity index (χ1v) is 12.2. The summed E-state index contributed by atoms with van der Waals surface area (Å²) in [5.41, 5.74) is 9.97. The second kappa shape index (κ2) is 10.8. The molecule has 190 valence electrons. The molecule has 0 bridgehead atoms. The van der Waals surface area contributed by atoms with E-state index in [0.29, 0.717) is 6.42 Å². The lowest BCUT2D eigenvalue weighted by Crippen LogP contribution is -2.48. The number of hydrogen-bond acceptors (Lipinski definition) is 6. The zero-order valence-electron chi connectivity index (χ0n) is 20.7. The number of hydrogen-bond donors (Lipinski definition) is 3. The van der Waals surface area contributed by atoms with E-state index in [0.717, 1.165) is 22.3 Å². The van der Waals surface area contributed by atoms with E-state index < -0.39 is 36.0 Å². The van der Waals surface area contributed by atoms with E-state index >= 15 is 0 Å². The molecule has 0 unspecified atom stereocenters. The minimum Gasteiger partial charge on any atom is -0.477 e. The highest BCUT2D eigenvalue weighted by atomic mass is 16.5. The average Bonchev–Trinajstić information content (AvgIpc) is 3.46. The number of nitrogens with two attached hydrogens (primary N) is 1. The molecule has 9 heteroatoms. The fourth-order valence-corrected chi connectivity index (χ4v) is 4.63. The van der Waals surface area contributed by atoms with E-state index in [1.54, 1.807) is 6.92 Å². The van der Waals surface area contributed by atoms with Gasteiger partial charge in [0.25, 0.3) is 0 Å². The maximum absolute atomic E-state index is 12.6. The number of carbonyl (C=O) groups excluding carboxylic acids is 3. The second-order valence-corrected chi connectivity index (χ2v) is 9.58. The van der Waals surface area contributed by atoms with Crippen LogP contribution >= 0.6 is 0 Å². The molecule has 36 heavy (non-hydrogen) atoms. The van der Waals surface area contributed by atoms with E-state index in [2.05, 4.69) is 39.9 Å². The van der Waals surface area contributed by atoms with E-state index in [4.69, 9.17) is 15.2 Å². The summed E-state index contributed by atoms with van der Waals surface area (Å²) in [6.07, 6.45) is -0.167. The van der Waals surface area contributed by atoms with Gasteiger partial charge >= 0.3 is 6.09 Å². The second-order valence-electron chi connectivity index (χ2n) is 9.58. The van der Waals surface area contributed by atoms with Crippen LogP contribution in [-0.4, -0.2) is 55.1 Å². The summed E-state index contributed by atoms with van der Waals surface area (Å²) in [5, 5.41) is 5.36. The van der Waals surface area contributed by atoms with Crippen LogP contribution < -0.4 is 16.4 Å². The third-order valence-corrected chi connectivity index (χ3v) is 6.39. The van der Waals surface area contributed by atoms with Crippen molar-refractivity contribution >= 4 is 23.8 Å². The largest absolute Gasteiger partial charge is 0.477 e. The molecular weight excluding hydrogens is 460 g/mol. The number of carbonyl (C=O) groups is 3. The van der Waals surface area contributed by atoms with Crippen LogP contribution in [0.15, 0.2) is 53.5 Å². The fourth-order valence-electron chi connectivity index (χ4n) is 4.63. The summed E-state index contributed by atoms with van der Waals surface area (Å²) in [5.74, 6) is -0.671. The van der Waals surface area contributed by atoms with Gasteiger partial charge in [0.2, 0.25) is 17.7 Å². The van der Waals surface area contributed by atoms with Gasteiger partial charge < -0.3 is 25.8 Å². The Balaban J connectivity index is 1.32. The van der Waals surface area contributed by atoms with Gasteiger partial charge in [0, 0.05) is 5.92 Å². The topological polar surface area (TPSA) is 132 Å². The van der Waals surface area contributed by atoms with Gasteiger partial charge in [-0.2, -0.15) is 0 Å². The quantitative estimate of drug-likeness (QED) is 0.495. The number of aliphatic imine (C=N–C) groups is 1. The number of alkyl carbamates (subject to hydrolysis) is 1. The van der Waals surface area contributed by atoms with Crippen LogP contribution in [-0.2, 0) is 19.1 Å². The molecule has 1 aliphatic heterocycles. The number of nitrogens with zero attached hydrogens (tertiary/aromatic N) is 1. The molecule has 1 heterocycles. The standard InChI is InChI=1S/C27H32N4O5/c1-15(2)12-22(24(28)32)30-25(33)23-14-35-26(31-23)16(3)29-27(34)36-13-21-19-10-6-4-8-17(19)18-9-5-7-11-20(18)21/h4-11,15-16,21-23H,12-14H2,1-3H3,(H2,28,32)(H,29,34)(H,30,33)/t16-,22-,23-/m0/s1. The molecular formula is C27H32N4O5. The zero-order chi connectivity index (χ0) is 25.8. The minimum absolute atomic E-state index is 0.0189. The Morgan fingerprint density at radius 3 is 2.22 bits per heavy atom. The molecule has 0 spiro atoms. The Morgan fingerprint density at radius 2 is 1.64 bits per heavy atom. The van der Waals surface area contributed by atoms with Gasteiger partial charge in [-0.1, -0.05) is 62.4 Å². The number of rotatable bonds is 9. The molecule has 4 rings (SSSR count). The SMILES string of the molecule is CC(C)C[C@H](NC(=O)[C@@H]1COC([C@H](C)NC(=O)OCC2c3ccccc3-c3ccccc32)=N1)C(N)=O. The molecule has 2 aromatic rings. The highest BCUT2D eigenvalue weighted by Crippen LogP contribution is 2.44. The van der Waals surface area contributed by atoms with Gasteiger partial charge in [-0.15, -0.1) is 0 Å². The van der Waals surface area contributed by atoms with Gasteiger partial charge in [-0.3, -0.25) is 9.59 Å². The minimum atomic E-state index is -0.819. The first-order valence-electron chi connectivity index (χ1n) is 12.2. The van der Waals surface area contributed by atoms with Crippen molar-refractivity contribution < 1.29 is 23.9 Å². The van der Waals surface area contributed by atoms with Gasteiger partial charge in [-0.25, -0.2) is 9.79 Å². The van der Waals surface area contributed by atoms with Crippen LogP contribution in [0, 0.1) is 5.92 Å².